The number of nitrogens with zero attached hydrogens (tertiary/aromatic N) is 2. The highest BCUT2D eigenvalue weighted by Crippen LogP contribution is 2.10. The van der Waals surface area contributed by atoms with Gasteiger partial charge in [0.25, 0.3) is 0 Å². The van der Waals surface area contributed by atoms with Crippen molar-refractivity contribution in [2.75, 3.05) is 13.1 Å². The van der Waals surface area contributed by atoms with E-state index in [2.05, 4.69) is 24.1 Å². The van der Waals surface area contributed by atoms with E-state index in [1.165, 1.54) is 0 Å². The zero-order valence-electron chi connectivity index (χ0n) is 12.0. The first-order valence-corrected chi connectivity index (χ1v) is 7.04. The van der Waals surface area contributed by atoms with Crippen molar-refractivity contribution in [3.05, 3.63) is 30.1 Å². The van der Waals surface area contributed by atoms with E-state index in [-0.39, 0.29) is 11.8 Å². The van der Waals surface area contributed by atoms with Crippen LogP contribution in [0.5, 0.6) is 0 Å². The van der Waals surface area contributed by atoms with Gasteiger partial charge in [0.05, 0.1) is 0 Å². The minimum absolute atomic E-state index is 0.00444. The van der Waals surface area contributed by atoms with Crippen molar-refractivity contribution in [3.63, 3.8) is 0 Å². The Labute approximate surface area is 119 Å². The van der Waals surface area contributed by atoms with Crippen LogP contribution in [0.3, 0.4) is 0 Å². The third-order valence-electron chi connectivity index (χ3n) is 3.28. The summed E-state index contributed by atoms with van der Waals surface area (Å²) in [4.78, 5) is 30.3. The summed E-state index contributed by atoms with van der Waals surface area (Å²) in [7, 11) is 0. The third kappa shape index (κ3) is 3.79. The molecule has 1 N–H and O–H groups in total. The first-order chi connectivity index (χ1) is 9.56. The number of nitrogens with one attached hydrogen (secondary N) is 1. The second-order valence-corrected chi connectivity index (χ2v) is 5.57. The number of rotatable bonds is 4. The fraction of sp³-hybridized carbons (Fsp3) is 0.533. The molecule has 0 aliphatic carbocycles. The fourth-order valence-corrected chi connectivity index (χ4v) is 2.38. The highest BCUT2D eigenvalue weighted by atomic mass is 16.2. The number of amides is 2. The smallest absolute Gasteiger partial charge is 0.245 e. The molecule has 108 valence electrons. The van der Waals surface area contributed by atoms with E-state index in [1.807, 2.05) is 18.2 Å². The van der Waals surface area contributed by atoms with E-state index in [0.29, 0.717) is 31.8 Å². The van der Waals surface area contributed by atoms with Gasteiger partial charge in [0, 0.05) is 37.8 Å². The molecule has 1 atom stereocenters. The minimum atomic E-state index is -0.501. The lowest BCUT2D eigenvalue weighted by Gasteiger charge is -2.25. The molecule has 5 nitrogen and oxygen atoms in total. The molecular formula is C15H21N3O2. The molecule has 1 saturated heterocycles. The lowest BCUT2D eigenvalue weighted by molar-refractivity contribution is -0.134. The number of pyridine rings is 1. The van der Waals surface area contributed by atoms with Gasteiger partial charge in [-0.25, -0.2) is 0 Å². The van der Waals surface area contributed by atoms with Gasteiger partial charge in [0.2, 0.25) is 11.8 Å². The molecular weight excluding hydrogens is 254 g/mol. The van der Waals surface area contributed by atoms with Crippen molar-refractivity contribution in [2.24, 2.45) is 5.92 Å². The number of hydrogen-bond acceptors (Lipinski definition) is 3. The molecule has 0 radical (unpaired) electrons. The van der Waals surface area contributed by atoms with Crippen LogP contribution < -0.4 is 5.32 Å². The Morgan fingerprint density at radius 2 is 2.20 bits per heavy atom. The zero-order chi connectivity index (χ0) is 14.5. The molecule has 0 bridgehead atoms. The Morgan fingerprint density at radius 1 is 1.40 bits per heavy atom. The molecule has 0 spiro atoms. The van der Waals surface area contributed by atoms with E-state index in [9.17, 15) is 9.59 Å². The van der Waals surface area contributed by atoms with Crippen LogP contribution in [-0.2, 0) is 16.0 Å². The molecule has 2 heterocycles. The van der Waals surface area contributed by atoms with Gasteiger partial charge in [-0.15, -0.1) is 0 Å². The average Bonchev–Trinajstić information content (AvgIpc) is 2.53. The Hall–Kier alpha value is -1.91. The largest absolute Gasteiger partial charge is 0.344 e. The van der Waals surface area contributed by atoms with Crippen LogP contribution in [0.2, 0.25) is 0 Å². The second-order valence-electron chi connectivity index (χ2n) is 5.57. The van der Waals surface area contributed by atoms with Gasteiger partial charge in [-0.1, -0.05) is 19.9 Å². The molecule has 0 aromatic carbocycles. The monoisotopic (exact) mass is 275 g/mol. The molecule has 1 fully saturated rings. The Kier molecular flexibility index (Phi) is 4.71. The number of carbonyl (C=O) groups is 2. The maximum atomic E-state index is 12.5. The van der Waals surface area contributed by atoms with E-state index in [0.717, 1.165) is 5.69 Å². The van der Waals surface area contributed by atoms with E-state index in [1.54, 1.807) is 11.1 Å². The summed E-state index contributed by atoms with van der Waals surface area (Å²) in [6.45, 7) is 5.33. The lowest BCUT2D eigenvalue weighted by atomic mass is 10.1. The summed E-state index contributed by atoms with van der Waals surface area (Å²) in [5, 5.41) is 2.81. The van der Waals surface area contributed by atoms with Crippen LogP contribution in [0.4, 0.5) is 0 Å². The molecule has 20 heavy (non-hydrogen) atoms. The van der Waals surface area contributed by atoms with Gasteiger partial charge < -0.3 is 10.2 Å². The first-order valence-electron chi connectivity index (χ1n) is 7.04. The maximum Gasteiger partial charge on any atom is 0.245 e. The number of hydrogen-bond donors (Lipinski definition) is 1. The minimum Gasteiger partial charge on any atom is -0.344 e. The SMILES string of the molecule is CC(C)CN1CCC(=O)N[C@H](Cc2ccccn2)C1=O. The number of aromatic nitrogens is 1. The predicted octanol–water partition coefficient (Wildman–Crippen LogP) is 0.997. The molecule has 1 aromatic heterocycles. The van der Waals surface area contributed by atoms with Crippen molar-refractivity contribution in [1.29, 1.82) is 0 Å². The van der Waals surface area contributed by atoms with Crippen LogP contribution in [-0.4, -0.2) is 40.8 Å². The Balaban J connectivity index is 2.12. The van der Waals surface area contributed by atoms with E-state index < -0.39 is 6.04 Å². The van der Waals surface area contributed by atoms with Crippen molar-refractivity contribution >= 4 is 11.8 Å². The Morgan fingerprint density at radius 3 is 2.85 bits per heavy atom. The van der Waals surface area contributed by atoms with Gasteiger partial charge in [-0.2, -0.15) is 0 Å². The third-order valence-corrected chi connectivity index (χ3v) is 3.28. The van der Waals surface area contributed by atoms with Crippen LogP contribution >= 0.6 is 0 Å². The molecule has 5 heteroatoms. The van der Waals surface area contributed by atoms with Crippen molar-refractivity contribution < 1.29 is 9.59 Å². The summed E-state index contributed by atoms with van der Waals surface area (Å²) in [6, 6.07) is 5.09. The quantitative estimate of drug-likeness (QED) is 0.891. The molecule has 1 aromatic rings. The van der Waals surface area contributed by atoms with Gasteiger partial charge in [-0.05, 0) is 18.1 Å². The van der Waals surface area contributed by atoms with Crippen molar-refractivity contribution in [1.82, 2.24) is 15.2 Å². The summed E-state index contributed by atoms with van der Waals surface area (Å²) in [5.74, 6) is 0.323. The number of carbonyl (C=O) groups excluding carboxylic acids is 2. The van der Waals surface area contributed by atoms with E-state index in [4.69, 9.17) is 0 Å². The van der Waals surface area contributed by atoms with Crippen LogP contribution in [0, 0.1) is 5.92 Å². The second kappa shape index (κ2) is 6.50. The summed E-state index contributed by atoms with van der Waals surface area (Å²) < 4.78 is 0. The molecule has 0 unspecified atom stereocenters. The van der Waals surface area contributed by atoms with E-state index >= 15 is 0 Å². The van der Waals surface area contributed by atoms with Crippen molar-refractivity contribution in [2.45, 2.75) is 32.7 Å². The lowest BCUT2D eigenvalue weighted by Crippen LogP contribution is -2.47. The zero-order valence-corrected chi connectivity index (χ0v) is 12.0. The van der Waals surface area contributed by atoms with Crippen LogP contribution in [0.15, 0.2) is 24.4 Å². The van der Waals surface area contributed by atoms with Crippen LogP contribution in [0.1, 0.15) is 26.0 Å². The van der Waals surface area contributed by atoms with Gasteiger partial charge in [0.15, 0.2) is 0 Å². The molecule has 2 rings (SSSR count). The normalized spacial score (nSPS) is 19.9. The first kappa shape index (κ1) is 14.5. The highest BCUT2D eigenvalue weighted by molar-refractivity contribution is 5.90. The molecule has 1 aliphatic heterocycles. The molecule has 2 amide bonds. The molecule has 1 aliphatic rings. The summed E-state index contributed by atoms with van der Waals surface area (Å²) in [6.07, 6.45) is 2.52. The standard InChI is InChI=1S/C15H21N3O2/c1-11(2)10-18-8-6-14(19)17-13(15(18)20)9-12-5-3-4-7-16-12/h3-5,7,11,13H,6,8-10H2,1-2H3,(H,17,19)/t13-/m1/s1. The van der Waals surface area contributed by atoms with Gasteiger partial charge >= 0.3 is 0 Å². The van der Waals surface area contributed by atoms with Crippen molar-refractivity contribution in [3.8, 4) is 0 Å². The predicted molar refractivity (Wildman–Crippen MR) is 75.9 cm³/mol. The van der Waals surface area contributed by atoms with Crippen LogP contribution in [0.25, 0.3) is 0 Å². The fourth-order valence-electron chi connectivity index (χ4n) is 2.38. The van der Waals surface area contributed by atoms with Gasteiger partial charge in [0.1, 0.15) is 6.04 Å². The van der Waals surface area contributed by atoms with Gasteiger partial charge in [-0.3, -0.25) is 14.6 Å². The maximum absolute atomic E-state index is 12.5. The molecule has 0 saturated carbocycles. The topological polar surface area (TPSA) is 62.3 Å². The summed E-state index contributed by atoms with van der Waals surface area (Å²) in [5.41, 5.74) is 0.817. The Bertz CT molecular complexity index is 473. The highest BCUT2D eigenvalue weighted by Gasteiger charge is 2.30. The average molecular weight is 275 g/mol. The summed E-state index contributed by atoms with van der Waals surface area (Å²) >= 11 is 0.